The highest BCUT2D eigenvalue weighted by molar-refractivity contribution is 5.92. The van der Waals surface area contributed by atoms with E-state index in [0.29, 0.717) is 10.9 Å². The first kappa shape index (κ1) is 14.0. The summed E-state index contributed by atoms with van der Waals surface area (Å²) < 4.78 is 1.34. The van der Waals surface area contributed by atoms with Crippen LogP contribution in [0.5, 0.6) is 0 Å². The largest absolute Gasteiger partial charge is 0.314 e. The van der Waals surface area contributed by atoms with Crippen molar-refractivity contribution in [3.63, 3.8) is 0 Å². The number of para-hydroxylation sites is 2. The van der Waals surface area contributed by atoms with Crippen molar-refractivity contribution in [2.45, 2.75) is 6.54 Å². The van der Waals surface area contributed by atoms with Crippen molar-refractivity contribution >= 4 is 22.5 Å². The van der Waals surface area contributed by atoms with Gasteiger partial charge in [0, 0.05) is 12.7 Å². The molecule has 3 rings (SSSR count). The smallest absolute Gasteiger partial charge is 0.261 e. The lowest BCUT2D eigenvalue weighted by molar-refractivity contribution is -0.118. The van der Waals surface area contributed by atoms with Crippen molar-refractivity contribution in [2.75, 3.05) is 11.9 Å². The summed E-state index contributed by atoms with van der Waals surface area (Å²) in [5.41, 5.74) is 1.21. The van der Waals surface area contributed by atoms with E-state index in [2.05, 4.69) is 4.98 Å². The maximum atomic E-state index is 12.4. The van der Waals surface area contributed by atoms with Crippen LogP contribution in [0, 0.1) is 0 Å². The van der Waals surface area contributed by atoms with Gasteiger partial charge in [0.15, 0.2) is 0 Å². The highest BCUT2D eigenvalue weighted by Crippen LogP contribution is 2.11. The molecule has 0 saturated heterocycles. The molecule has 0 aliphatic rings. The van der Waals surface area contributed by atoms with Gasteiger partial charge in [-0.3, -0.25) is 14.2 Å². The number of nitrogens with zero attached hydrogens (tertiary/aromatic N) is 3. The van der Waals surface area contributed by atoms with Crippen molar-refractivity contribution in [2.24, 2.45) is 0 Å². The second kappa shape index (κ2) is 5.81. The maximum Gasteiger partial charge on any atom is 0.261 e. The normalized spacial score (nSPS) is 10.6. The molecular formula is C17H15N3O2. The number of amides is 1. The Hall–Kier alpha value is -2.95. The van der Waals surface area contributed by atoms with Crippen molar-refractivity contribution in [3.05, 3.63) is 71.3 Å². The van der Waals surface area contributed by atoms with Crippen molar-refractivity contribution < 1.29 is 4.79 Å². The minimum atomic E-state index is -0.208. The fourth-order valence-corrected chi connectivity index (χ4v) is 2.27. The third kappa shape index (κ3) is 2.61. The van der Waals surface area contributed by atoms with E-state index in [0.717, 1.165) is 5.69 Å². The maximum absolute atomic E-state index is 12.4. The standard InChI is InChI=1S/C17H15N3O2/c1-19(13-7-3-2-4-8-13)16(21)11-20-12-18-15-10-6-5-9-14(15)17(20)22/h2-10,12H,11H2,1H3. The first-order valence-electron chi connectivity index (χ1n) is 6.92. The summed E-state index contributed by atoms with van der Waals surface area (Å²) in [6.45, 7) is -0.0396. The number of carbonyl (C=O) groups excluding carboxylic acids is 1. The van der Waals surface area contributed by atoms with Crippen LogP contribution >= 0.6 is 0 Å². The van der Waals surface area contributed by atoms with Crippen molar-refractivity contribution in [1.29, 1.82) is 0 Å². The molecule has 22 heavy (non-hydrogen) atoms. The molecule has 2 aromatic carbocycles. The van der Waals surface area contributed by atoms with Gasteiger partial charge in [0.25, 0.3) is 5.56 Å². The monoisotopic (exact) mass is 293 g/mol. The van der Waals surface area contributed by atoms with Gasteiger partial charge in [0.05, 0.1) is 17.2 Å². The lowest BCUT2D eigenvalue weighted by Crippen LogP contribution is -2.34. The van der Waals surface area contributed by atoms with Gasteiger partial charge in [-0.05, 0) is 24.3 Å². The van der Waals surface area contributed by atoms with Crippen LogP contribution in [0.25, 0.3) is 10.9 Å². The summed E-state index contributed by atoms with van der Waals surface area (Å²) in [7, 11) is 1.69. The van der Waals surface area contributed by atoms with E-state index in [1.807, 2.05) is 36.4 Å². The topological polar surface area (TPSA) is 55.2 Å². The van der Waals surface area contributed by atoms with Crippen LogP contribution in [-0.4, -0.2) is 22.5 Å². The molecule has 0 N–H and O–H groups in total. The number of fused-ring (bicyclic) bond motifs is 1. The molecule has 0 saturated carbocycles. The number of rotatable bonds is 3. The van der Waals surface area contributed by atoms with Crippen LogP contribution in [0.2, 0.25) is 0 Å². The van der Waals surface area contributed by atoms with Crippen LogP contribution in [0.3, 0.4) is 0 Å². The van der Waals surface area contributed by atoms with Gasteiger partial charge in [-0.15, -0.1) is 0 Å². The molecular weight excluding hydrogens is 278 g/mol. The third-order valence-corrected chi connectivity index (χ3v) is 3.55. The molecule has 1 amide bonds. The number of likely N-dealkylation sites (N-methyl/N-ethyl adjacent to an activating group) is 1. The summed E-state index contributed by atoms with van der Waals surface area (Å²) in [6, 6.07) is 16.4. The third-order valence-electron chi connectivity index (χ3n) is 3.55. The minimum absolute atomic E-state index is 0.0396. The summed E-state index contributed by atoms with van der Waals surface area (Å²) >= 11 is 0. The molecule has 0 aliphatic heterocycles. The Bertz CT molecular complexity index is 872. The second-order valence-corrected chi connectivity index (χ2v) is 4.98. The number of aromatic nitrogens is 2. The summed E-state index contributed by atoms with van der Waals surface area (Å²) in [5, 5.41) is 0.514. The van der Waals surface area contributed by atoms with E-state index in [-0.39, 0.29) is 18.0 Å². The van der Waals surface area contributed by atoms with Crippen molar-refractivity contribution in [1.82, 2.24) is 9.55 Å². The fourth-order valence-electron chi connectivity index (χ4n) is 2.27. The summed E-state index contributed by atoms with van der Waals surface area (Å²) in [6.07, 6.45) is 1.42. The molecule has 0 aliphatic carbocycles. The zero-order valence-corrected chi connectivity index (χ0v) is 12.1. The summed E-state index contributed by atoms with van der Waals surface area (Å²) in [5.74, 6) is -0.176. The molecule has 0 atom stereocenters. The van der Waals surface area contributed by atoms with E-state index in [1.54, 1.807) is 25.2 Å². The predicted molar refractivity (Wildman–Crippen MR) is 85.9 cm³/mol. The zero-order chi connectivity index (χ0) is 15.5. The first-order chi connectivity index (χ1) is 10.7. The Morgan fingerprint density at radius 2 is 1.77 bits per heavy atom. The molecule has 110 valence electrons. The molecule has 1 heterocycles. The lowest BCUT2D eigenvalue weighted by atomic mass is 10.2. The highest BCUT2D eigenvalue weighted by Gasteiger charge is 2.13. The SMILES string of the molecule is CN(C(=O)Cn1cnc2ccccc2c1=O)c1ccccc1. The Morgan fingerprint density at radius 3 is 2.55 bits per heavy atom. The molecule has 0 bridgehead atoms. The molecule has 5 heteroatoms. The van der Waals surface area contributed by atoms with Gasteiger partial charge in [0.1, 0.15) is 6.54 Å². The number of hydrogen-bond donors (Lipinski definition) is 0. The lowest BCUT2D eigenvalue weighted by Gasteiger charge is -2.17. The average Bonchev–Trinajstić information content (AvgIpc) is 2.57. The molecule has 1 aromatic heterocycles. The van der Waals surface area contributed by atoms with Gasteiger partial charge in [-0.25, -0.2) is 4.98 Å². The van der Waals surface area contributed by atoms with E-state index in [1.165, 1.54) is 15.8 Å². The van der Waals surface area contributed by atoms with Gasteiger partial charge >= 0.3 is 0 Å². The average molecular weight is 293 g/mol. The van der Waals surface area contributed by atoms with Crippen LogP contribution in [-0.2, 0) is 11.3 Å². The molecule has 5 nitrogen and oxygen atoms in total. The van der Waals surface area contributed by atoms with E-state index < -0.39 is 0 Å². The second-order valence-electron chi connectivity index (χ2n) is 4.98. The van der Waals surface area contributed by atoms with E-state index in [9.17, 15) is 9.59 Å². The van der Waals surface area contributed by atoms with Gasteiger partial charge in [-0.2, -0.15) is 0 Å². The van der Waals surface area contributed by atoms with Crippen LogP contribution in [0.15, 0.2) is 65.7 Å². The first-order valence-corrected chi connectivity index (χ1v) is 6.92. The summed E-state index contributed by atoms with van der Waals surface area (Å²) in [4.78, 5) is 30.5. The number of hydrogen-bond acceptors (Lipinski definition) is 3. The minimum Gasteiger partial charge on any atom is -0.314 e. The molecule has 0 unspecified atom stereocenters. The van der Waals surface area contributed by atoms with Gasteiger partial charge in [-0.1, -0.05) is 30.3 Å². The Labute approximate surface area is 127 Å². The van der Waals surface area contributed by atoms with Gasteiger partial charge in [0.2, 0.25) is 5.91 Å². The molecule has 0 spiro atoms. The molecule has 0 fully saturated rings. The zero-order valence-electron chi connectivity index (χ0n) is 12.1. The quantitative estimate of drug-likeness (QED) is 0.742. The van der Waals surface area contributed by atoms with E-state index >= 15 is 0 Å². The predicted octanol–water partition coefficient (Wildman–Crippen LogP) is 2.06. The molecule has 3 aromatic rings. The molecule has 0 radical (unpaired) electrons. The highest BCUT2D eigenvalue weighted by atomic mass is 16.2. The van der Waals surface area contributed by atoms with Crippen LogP contribution < -0.4 is 10.5 Å². The van der Waals surface area contributed by atoms with Crippen LogP contribution in [0.1, 0.15) is 0 Å². The number of anilines is 1. The Balaban J connectivity index is 1.89. The Kier molecular flexibility index (Phi) is 3.70. The Morgan fingerprint density at radius 1 is 1.09 bits per heavy atom. The fraction of sp³-hybridized carbons (Fsp3) is 0.118. The van der Waals surface area contributed by atoms with Crippen molar-refractivity contribution in [3.8, 4) is 0 Å². The number of benzene rings is 2. The van der Waals surface area contributed by atoms with E-state index in [4.69, 9.17) is 0 Å². The number of carbonyl (C=O) groups is 1. The van der Waals surface area contributed by atoms with Gasteiger partial charge < -0.3 is 4.90 Å². The van der Waals surface area contributed by atoms with Crippen LogP contribution in [0.4, 0.5) is 5.69 Å².